The predicted molar refractivity (Wildman–Crippen MR) is 72.1 cm³/mol. The summed E-state index contributed by atoms with van der Waals surface area (Å²) in [7, 11) is 2.13. The molecule has 0 radical (unpaired) electrons. The van der Waals surface area contributed by atoms with Crippen molar-refractivity contribution >= 4 is 5.82 Å². The molecule has 2 rings (SSSR count). The van der Waals surface area contributed by atoms with Gasteiger partial charge in [-0.3, -0.25) is 0 Å². The number of hydrogen-bond acceptors (Lipinski definition) is 3. The molecule has 1 heterocycles. The average molecular weight is 233 g/mol. The molecular weight excluding hydrogens is 210 g/mol. The Kier molecular flexibility index (Phi) is 4.00. The van der Waals surface area contributed by atoms with Crippen molar-refractivity contribution in [1.29, 1.82) is 0 Å². The summed E-state index contributed by atoms with van der Waals surface area (Å²) in [5, 5.41) is 0. The van der Waals surface area contributed by atoms with E-state index in [0.717, 1.165) is 23.8 Å². The normalized spacial score (nSPS) is 18.3. The number of anilines is 1. The van der Waals surface area contributed by atoms with Crippen molar-refractivity contribution in [3.63, 3.8) is 0 Å². The van der Waals surface area contributed by atoms with E-state index in [2.05, 4.69) is 29.1 Å². The van der Waals surface area contributed by atoms with Gasteiger partial charge in [0.1, 0.15) is 5.82 Å². The Balaban J connectivity index is 1.96. The second-order valence-electron chi connectivity index (χ2n) is 5.27. The lowest BCUT2D eigenvalue weighted by atomic mass is 10.1. The molecule has 1 aliphatic carbocycles. The molecule has 94 valence electrons. The zero-order chi connectivity index (χ0) is 12.3. The molecular formula is C14H23N3. The molecule has 0 aliphatic heterocycles. The Morgan fingerprint density at radius 3 is 2.65 bits per heavy atom. The molecule has 1 aliphatic rings. The highest BCUT2D eigenvalue weighted by molar-refractivity contribution is 5.38. The van der Waals surface area contributed by atoms with E-state index >= 15 is 0 Å². The minimum atomic E-state index is 0.0664. The van der Waals surface area contributed by atoms with Gasteiger partial charge in [0.2, 0.25) is 0 Å². The quantitative estimate of drug-likeness (QED) is 0.869. The van der Waals surface area contributed by atoms with Crippen molar-refractivity contribution in [2.24, 2.45) is 11.7 Å². The maximum absolute atomic E-state index is 5.82. The summed E-state index contributed by atoms with van der Waals surface area (Å²) in [6.07, 6.45) is 7.45. The lowest BCUT2D eigenvalue weighted by Gasteiger charge is -2.22. The molecule has 2 N–H and O–H groups in total. The van der Waals surface area contributed by atoms with E-state index in [1.165, 1.54) is 25.7 Å². The number of hydrogen-bond donors (Lipinski definition) is 1. The van der Waals surface area contributed by atoms with Crippen LogP contribution in [0.3, 0.4) is 0 Å². The molecule has 0 amide bonds. The summed E-state index contributed by atoms with van der Waals surface area (Å²) in [5.41, 5.74) is 6.92. The van der Waals surface area contributed by atoms with E-state index in [-0.39, 0.29) is 6.04 Å². The summed E-state index contributed by atoms with van der Waals surface area (Å²) in [4.78, 5) is 6.75. The van der Waals surface area contributed by atoms with Gasteiger partial charge < -0.3 is 10.6 Å². The van der Waals surface area contributed by atoms with Crippen molar-refractivity contribution in [1.82, 2.24) is 4.98 Å². The van der Waals surface area contributed by atoms with E-state index in [1.807, 2.05) is 13.1 Å². The summed E-state index contributed by atoms with van der Waals surface area (Å²) in [6.45, 7) is 3.11. The Hall–Kier alpha value is -1.09. The summed E-state index contributed by atoms with van der Waals surface area (Å²) in [6, 6.07) is 4.22. The van der Waals surface area contributed by atoms with Gasteiger partial charge in [-0.2, -0.15) is 0 Å². The monoisotopic (exact) mass is 233 g/mol. The second-order valence-corrected chi connectivity index (χ2v) is 5.27. The van der Waals surface area contributed by atoms with Gasteiger partial charge in [0.05, 0.1) is 0 Å². The highest BCUT2D eigenvalue weighted by Crippen LogP contribution is 2.26. The fourth-order valence-corrected chi connectivity index (χ4v) is 2.57. The first-order valence-electron chi connectivity index (χ1n) is 6.59. The Labute approximate surface area is 104 Å². The molecule has 1 fully saturated rings. The zero-order valence-electron chi connectivity index (χ0n) is 10.9. The van der Waals surface area contributed by atoms with Gasteiger partial charge in [0, 0.05) is 25.8 Å². The second kappa shape index (κ2) is 5.50. The SMILES string of the molecule is C[C@H](N)c1ccc(N(C)CC2CCCC2)nc1. The first-order chi connectivity index (χ1) is 8.16. The molecule has 1 aromatic rings. The lowest BCUT2D eigenvalue weighted by Crippen LogP contribution is -2.24. The fraction of sp³-hybridized carbons (Fsp3) is 0.643. The van der Waals surface area contributed by atoms with E-state index in [4.69, 9.17) is 5.73 Å². The highest BCUT2D eigenvalue weighted by atomic mass is 15.2. The van der Waals surface area contributed by atoms with Crippen molar-refractivity contribution < 1.29 is 0 Å². The van der Waals surface area contributed by atoms with E-state index < -0.39 is 0 Å². The topological polar surface area (TPSA) is 42.1 Å². The smallest absolute Gasteiger partial charge is 0.128 e. The van der Waals surface area contributed by atoms with E-state index in [1.54, 1.807) is 0 Å². The Bertz CT molecular complexity index is 339. The number of pyridine rings is 1. The van der Waals surface area contributed by atoms with Crippen molar-refractivity contribution in [3.8, 4) is 0 Å². The standard InChI is InChI=1S/C14H23N3/c1-11(15)13-7-8-14(16-9-13)17(2)10-12-5-3-4-6-12/h7-9,11-12H,3-6,10,15H2,1-2H3/t11-/m0/s1. The van der Waals surface area contributed by atoms with Gasteiger partial charge >= 0.3 is 0 Å². The van der Waals surface area contributed by atoms with Gasteiger partial charge in [-0.15, -0.1) is 0 Å². The molecule has 3 nitrogen and oxygen atoms in total. The summed E-state index contributed by atoms with van der Waals surface area (Å²) < 4.78 is 0. The van der Waals surface area contributed by atoms with Crippen LogP contribution in [-0.4, -0.2) is 18.6 Å². The van der Waals surface area contributed by atoms with Gasteiger partial charge in [-0.1, -0.05) is 18.9 Å². The van der Waals surface area contributed by atoms with Crippen molar-refractivity contribution in [3.05, 3.63) is 23.9 Å². The van der Waals surface area contributed by atoms with Crippen molar-refractivity contribution in [2.45, 2.75) is 38.6 Å². The Morgan fingerprint density at radius 2 is 2.12 bits per heavy atom. The maximum Gasteiger partial charge on any atom is 0.128 e. The predicted octanol–water partition coefficient (Wildman–Crippen LogP) is 2.73. The van der Waals surface area contributed by atoms with Crippen LogP contribution in [0.25, 0.3) is 0 Å². The van der Waals surface area contributed by atoms with Gasteiger partial charge in [-0.05, 0) is 37.3 Å². The van der Waals surface area contributed by atoms with Crippen LogP contribution < -0.4 is 10.6 Å². The van der Waals surface area contributed by atoms with Crippen LogP contribution in [0.1, 0.15) is 44.2 Å². The van der Waals surface area contributed by atoms with Crippen LogP contribution in [0.5, 0.6) is 0 Å². The summed E-state index contributed by atoms with van der Waals surface area (Å²) in [5.74, 6) is 1.91. The molecule has 0 spiro atoms. The van der Waals surface area contributed by atoms with Gasteiger partial charge in [0.15, 0.2) is 0 Å². The molecule has 1 saturated carbocycles. The van der Waals surface area contributed by atoms with Crippen LogP contribution in [0.15, 0.2) is 18.3 Å². The maximum atomic E-state index is 5.82. The molecule has 3 heteroatoms. The van der Waals surface area contributed by atoms with E-state index in [0.29, 0.717) is 0 Å². The Morgan fingerprint density at radius 1 is 1.41 bits per heavy atom. The molecule has 0 aromatic carbocycles. The average Bonchev–Trinajstić information content (AvgIpc) is 2.82. The van der Waals surface area contributed by atoms with Crippen LogP contribution in [0.2, 0.25) is 0 Å². The summed E-state index contributed by atoms with van der Waals surface area (Å²) >= 11 is 0. The highest BCUT2D eigenvalue weighted by Gasteiger charge is 2.17. The zero-order valence-corrected chi connectivity index (χ0v) is 10.9. The van der Waals surface area contributed by atoms with Gasteiger partial charge in [0.25, 0.3) is 0 Å². The van der Waals surface area contributed by atoms with Crippen LogP contribution in [0, 0.1) is 5.92 Å². The van der Waals surface area contributed by atoms with E-state index in [9.17, 15) is 0 Å². The van der Waals surface area contributed by atoms with Crippen LogP contribution in [-0.2, 0) is 0 Å². The fourth-order valence-electron chi connectivity index (χ4n) is 2.57. The number of aromatic nitrogens is 1. The largest absolute Gasteiger partial charge is 0.359 e. The first-order valence-corrected chi connectivity index (χ1v) is 6.59. The molecule has 0 bridgehead atoms. The lowest BCUT2D eigenvalue weighted by molar-refractivity contribution is 0.545. The third kappa shape index (κ3) is 3.19. The number of nitrogens with zero attached hydrogens (tertiary/aromatic N) is 2. The molecule has 1 aromatic heterocycles. The minimum Gasteiger partial charge on any atom is -0.359 e. The molecule has 1 atom stereocenters. The third-order valence-corrected chi connectivity index (χ3v) is 3.69. The molecule has 17 heavy (non-hydrogen) atoms. The van der Waals surface area contributed by atoms with Crippen LogP contribution in [0.4, 0.5) is 5.82 Å². The first kappa shape index (κ1) is 12.4. The van der Waals surface area contributed by atoms with Crippen molar-refractivity contribution in [2.75, 3.05) is 18.5 Å². The molecule has 0 unspecified atom stereocenters. The molecule has 0 saturated heterocycles. The third-order valence-electron chi connectivity index (χ3n) is 3.69. The minimum absolute atomic E-state index is 0.0664. The number of nitrogens with two attached hydrogens (primary N) is 1. The number of rotatable bonds is 4. The van der Waals surface area contributed by atoms with Crippen LogP contribution >= 0.6 is 0 Å². The van der Waals surface area contributed by atoms with Gasteiger partial charge in [-0.25, -0.2) is 4.98 Å².